The van der Waals surface area contributed by atoms with E-state index in [0.29, 0.717) is 9.16 Å². The summed E-state index contributed by atoms with van der Waals surface area (Å²) in [5.41, 5.74) is 2.81. The van der Waals surface area contributed by atoms with Crippen molar-refractivity contribution in [1.82, 2.24) is 0 Å². The van der Waals surface area contributed by atoms with Crippen molar-refractivity contribution in [3.05, 3.63) is 71.8 Å². The summed E-state index contributed by atoms with van der Waals surface area (Å²) >= 11 is 0. The third-order valence-corrected chi connectivity index (χ3v) is 14.1. The molecule has 0 N–H and O–H groups in total. The molecule has 1 heterocycles. The lowest BCUT2D eigenvalue weighted by molar-refractivity contribution is 1.39. The number of hydrogen-bond acceptors (Lipinski definition) is 6. The predicted octanol–water partition coefficient (Wildman–Crippen LogP) is 7.46. The topological polar surface area (TPSA) is 0 Å². The molecule has 1 saturated heterocycles. The average molecular weight is 373 g/mol. The van der Waals surface area contributed by atoms with E-state index in [9.17, 15) is 0 Å². The minimum Gasteiger partial charge on any atom is -0.0723 e. The van der Waals surface area contributed by atoms with Crippen molar-refractivity contribution in [2.24, 2.45) is 0 Å². The molecule has 3 rings (SSSR count). The van der Waals surface area contributed by atoms with E-state index in [1.165, 1.54) is 11.1 Å². The third-order valence-electron chi connectivity index (χ3n) is 2.65. The molecule has 104 valence electrons. The van der Waals surface area contributed by atoms with Crippen molar-refractivity contribution in [2.45, 2.75) is 9.16 Å². The highest BCUT2D eigenvalue weighted by molar-refractivity contribution is 9.27. The zero-order valence-electron chi connectivity index (χ0n) is 10.4. The van der Waals surface area contributed by atoms with Gasteiger partial charge in [0.15, 0.2) is 0 Å². The van der Waals surface area contributed by atoms with Crippen molar-refractivity contribution in [2.75, 3.05) is 0 Å². The van der Waals surface area contributed by atoms with Crippen LogP contribution in [0.5, 0.6) is 0 Å². The molecule has 0 bridgehead atoms. The van der Waals surface area contributed by atoms with Crippen molar-refractivity contribution in [3.63, 3.8) is 0 Å². The molecule has 0 aromatic heterocycles. The normalized spacial score (nSPS) is 23.8. The lowest BCUT2D eigenvalue weighted by atomic mass is 10.2. The Bertz CT molecular complexity index is 468. The first kappa shape index (κ1) is 15.4. The standard InChI is InChI=1S/C14H12S6/c1-3-7-11(8-4-1)13-15-16-14(18-20-19-17-13)12-9-5-2-6-10-12/h1-10,13-14H. The molecule has 0 spiro atoms. The molecule has 1 aliphatic rings. The van der Waals surface area contributed by atoms with Crippen molar-refractivity contribution < 1.29 is 0 Å². The van der Waals surface area contributed by atoms with Gasteiger partial charge in [-0.15, -0.1) is 0 Å². The van der Waals surface area contributed by atoms with Crippen LogP contribution in [0.4, 0.5) is 0 Å². The van der Waals surface area contributed by atoms with Gasteiger partial charge in [0.25, 0.3) is 0 Å². The van der Waals surface area contributed by atoms with Crippen LogP contribution in [0.3, 0.4) is 0 Å². The highest BCUT2D eigenvalue weighted by Crippen LogP contribution is 2.66. The molecule has 0 aliphatic carbocycles. The Balaban J connectivity index is 1.70. The predicted molar refractivity (Wildman–Crippen MR) is 104 cm³/mol. The molecular weight excluding hydrogens is 361 g/mol. The maximum absolute atomic E-state index is 2.22. The van der Waals surface area contributed by atoms with E-state index >= 15 is 0 Å². The summed E-state index contributed by atoms with van der Waals surface area (Å²) in [4.78, 5) is 0. The molecular formula is C14H12S6. The molecule has 6 heteroatoms. The van der Waals surface area contributed by atoms with Gasteiger partial charge in [0.2, 0.25) is 0 Å². The Morgan fingerprint density at radius 3 is 1.30 bits per heavy atom. The summed E-state index contributed by atoms with van der Waals surface area (Å²) in [5, 5.41) is 0. The van der Waals surface area contributed by atoms with Crippen LogP contribution < -0.4 is 0 Å². The number of rotatable bonds is 2. The van der Waals surface area contributed by atoms with Crippen molar-refractivity contribution in [3.8, 4) is 0 Å². The highest BCUT2D eigenvalue weighted by Gasteiger charge is 2.22. The zero-order valence-corrected chi connectivity index (χ0v) is 15.3. The van der Waals surface area contributed by atoms with Crippen LogP contribution in [0.15, 0.2) is 60.7 Å². The molecule has 1 aliphatic heterocycles. The SMILES string of the molecule is c1ccc(C2SSSSC(c3ccccc3)SS2)cc1. The molecule has 2 unspecified atom stereocenters. The van der Waals surface area contributed by atoms with Crippen LogP contribution in [-0.4, -0.2) is 0 Å². The van der Waals surface area contributed by atoms with Gasteiger partial charge in [0.1, 0.15) is 0 Å². The minimum absolute atomic E-state index is 0.491. The molecule has 0 saturated carbocycles. The highest BCUT2D eigenvalue weighted by atomic mass is 33.7. The van der Waals surface area contributed by atoms with Gasteiger partial charge in [-0.25, -0.2) is 0 Å². The summed E-state index contributed by atoms with van der Waals surface area (Å²) in [6, 6.07) is 21.6. The van der Waals surface area contributed by atoms with Crippen LogP contribution in [0, 0.1) is 0 Å². The molecule has 1 fully saturated rings. The van der Waals surface area contributed by atoms with Gasteiger partial charge in [-0.05, 0) is 30.8 Å². The van der Waals surface area contributed by atoms with Crippen molar-refractivity contribution >= 4 is 62.8 Å². The van der Waals surface area contributed by atoms with Gasteiger partial charge in [0, 0.05) is 0 Å². The van der Waals surface area contributed by atoms with E-state index in [-0.39, 0.29) is 0 Å². The van der Waals surface area contributed by atoms with Gasteiger partial charge in [-0.3, -0.25) is 0 Å². The molecule has 20 heavy (non-hydrogen) atoms. The van der Waals surface area contributed by atoms with E-state index in [0.717, 1.165) is 0 Å². The summed E-state index contributed by atoms with van der Waals surface area (Å²) in [6.07, 6.45) is 0. The van der Waals surface area contributed by atoms with Gasteiger partial charge in [0.05, 0.1) is 9.16 Å². The first-order valence-electron chi connectivity index (χ1n) is 6.01. The van der Waals surface area contributed by atoms with Gasteiger partial charge < -0.3 is 0 Å². The van der Waals surface area contributed by atoms with E-state index in [2.05, 4.69) is 60.7 Å². The summed E-state index contributed by atoms with van der Waals surface area (Å²) in [7, 11) is 11.6. The minimum atomic E-state index is 0.491. The van der Waals surface area contributed by atoms with Gasteiger partial charge in [-0.1, -0.05) is 104 Å². The second-order valence-electron chi connectivity index (χ2n) is 4.01. The van der Waals surface area contributed by atoms with Crippen LogP contribution in [-0.2, 0) is 0 Å². The summed E-state index contributed by atoms with van der Waals surface area (Å²) in [6.45, 7) is 0. The fraction of sp³-hybridized carbons (Fsp3) is 0.143. The Morgan fingerprint density at radius 2 is 0.900 bits per heavy atom. The van der Waals surface area contributed by atoms with E-state index in [1.807, 2.05) is 62.8 Å². The molecule has 0 radical (unpaired) electrons. The quantitative estimate of drug-likeness (QED) is 0.498. The molecule has 2 atom stereocenters. The molecule has 0 nitrogen and oxygen atoms in total. The lowest BCUT2D eigenvalue weighted by Gasteiger charge is -2.22. The Morgan fingerprint density at radius 1 is 0.500 bits per heavy atom. The Kier molecular flexibility index (Phi) is 6.36. The van der Waals surface area contributed by atoms with Crippen LogP contribution in [0.1, 0.15) is 20.3 Å². The van der Waals surface area contributed by atoms with E-state index in [4.69, 9.17) is 0 Å². The number of hydrogen-bond donors (Lipinski definition) is 0. The lowest BCUT2D eigenvalue weighted by Crippen LogP contribution is -1.90. The monoisotopic (exact) mass is 372 g/mol. The zero-order chi connectivity index (χ0) is 13.6. The number of benzene rings is 2. The van der Waals surface area contributed by atoms with Crippen LogP contribution in [0.25, 0.3) is 0 Å². The first-order valence-corrected chi connectivity index (χ1v) is 13.2. The Labute approximate surface area is 143 Å². The maximum atomic E-state index is 2.22. The smallest absolute Gasteiger partial charge is 0.0723 e. The summed E-state index contributed by atoms with van der Waals surface area (Å²) in [5.74, 6) is 0. The second kappa shape index (κ2) is 8.25. The average Bonchev–Trinajstić information content (AvgIpc) is 2.49. The largest absolute Gasteiger partial charge is 0.0967 e. The second-order valence-corrected chi connectivity index (χ2v) is 13.1. The fourth-order valence-electron chi connectivity index (χ4n) is 1.68. The summed E-state index contributed by atoms with van der Waals surface area (Å²) < 4.78 is 0.983. The van der Waals surface area contributed by atoms with Crippen LogP contribution >= 0.6 is 62.8 Å². The Hall–Kier alpha value is 0.540. The molecule has 2 aromatic rings. The maximum Gasteiger partial charge on any atom is 0.0967 e. The first-order chi connectivity index (χ1) is 9.93. The van der Waals surface area contributed by atoms with Crippen LogP contribution in [0.2, 0.25) is 0 Å². The van der Waals surface area contributed by atoms with E-state index in [1.54, 1.807) is 0 Å². The third kappa shape index (κ3) is 4.27. The van der Waals surface area contributed by atoms with Crippen molar-refractivity contribution in [1.29, 1.82) is 0 Å². The molecule has 2 aromatic carbocycles. The van der Waals surface area contributed by atoms with Gasteiger partial charge in [-0.2, -0.15) is 0 Å². The fourth-order valence-corrected chi connectivity index (χ4v) is 14.4. The molecule has 0 amide bonds. The van der Waals surface area contributed by atoms with E-state index < -0.39 is 0 Å². The van der Waals surface area contributed by atoms with Gasteiger partial charge >= 0.3 is 0 Å².